The molecule has 37 heavy (non-hydrogen) atoms. The molecule has 188 valence electrons. The summed E-state index contributed by atoms with van der Waals surface area (Å²) in [5.74, 6) is -2.09. The Labute approximate surface area is 215 Å². The van der Waals surface area contributed by atoms with Gasteiger partial charge in [-0.25, -0.2) is 4.79 Å². The maximum atomic E-state index is 13.4. The number of ether oxygens (including phenoxy) is 1. The number of aromatic nitrogens is 1. The number of carbonyl (C=O) groups excluding carboxylic acids is 2. The van der Waals surface area contributed by atoms with Crippen molar-refractivity contribution in [2.45, 2.75) is 13.8 Å². The van der Waals surface area contributed by atoms with Gasteiger partial charge in [0.2, 0.25) is 0 Å². The lowest BCUT2D eigenvalue weighted by Gasteiger charge is -2.29. The van der Waals surface area contributed by atoms with Gasteiger partial charge in [-0.1, -0.05) is 0 Å². The minimum atomic E-state index is -1.12. The van der Waals surface area contributed by atoms with Crippen LogP contribution in [0.3, 0.4) is 0 Å². The van der Waals surface area contributed by atoms with E-state index in [-0.39, 0.29) is 27.6 Å². The summed E-state index contributed by atoms with van der Waals surface area (Å²) in [5.41, 5.74) is 2.25. The zero-order chi connectivity index (χ0) is 27.0. The molecular formula is C25H20N4O7S. The number of hydrogen-bond acceptors (Lipinski definition) is 7. The van der Waals surface area contributed by atoms with E-state index < -0.39 is 22.7 Å². The predicted molar refractivity (Wildman–Crippen MR) is 138 cm³/mol. The van der Waals surface area contributed by atoms with Crippen molar-refractivity contribution in [1.29, 1.82) is 0 Å². The van der Waals surface area contributed by atoms with Crippen LogP contribution in [-0.2, 0) is 9.59 Å². The topological polar surface area (TPSA) is 144 Å². The molecule has 2 N–H and O–H groups in total. The molecule has 3 aromatic rings. The zero-order valence-electron chi connectivity index (χ0n) is 19.8. The zero-order valence-corrected chi connectivity index (χ0v) is 20.7. The predicted octanol–water partition coefficient (Wildman–Crippen LogP) is 3.54. The van der Waals surface area contributed by atoms with Crippen molar-refractivity contribution in [3.05, 3.63) is 86.7 Å². The molecule has 0 atom stereocenters. The van der Waals surface area contributed by atoms with Crippen LogP contribution in [0, 0.1) is 24.0 Å². The Kier molecular flexibility index (Phi) is 6.60. The molecule has 1 aliphatic rings. The van der Waals surface area contributed by atoms with Crippen molar-refractivity contribution in [3.8, 4) is 11.4 Å². The first kappa shape index (κ1) is 25.3. The first-order chi connectivity index (χ1) is 17.5. The molecule has 0 bridgehead atoms. The average molecular weight is 521 g/mol. The number of anilines is 1. The number of thiocarbonyl (C=S) groups is 1. The summed E-state index contributed by atoms with van der Waals surface area (Å²) in [6.45, 7) is 3.53. The number of amides is 2. The number of carbonyl (C=O) groups is 3. The lowest BCUT2D eigenvalue weighted by atomic mass is 10.1. The van der Waals surface area contributed by atoms with Gasteiger partial charge in [0, 0.05) is 23.5 Å². The highest BCUT2D eigenvalue weighted by atomic mass is 32.1. The number of aryl methyl sites for hydroxylation is 1. The van der Waals surface area contributed by atoms with E-state index in [1.165, 1.54) is 55.7 Å². The fraction of sp³-hybridized carbons (Fsp3) is 0.120. The van der Waals surface area contributed by atoms with E-state index in [0.29, 0.717) is 28.4 Å². The fourth-order valence-electron chi connectivity index (χ4n) is 4.07. The van der Waals surface area contributed by atoms with Crippen LogP contribution in [0.2, 0.25) is 0 Å². The summed E-state index contributed by atoms with van der Waals surface area (Å²) in [6.07, 6.45) is 1.42. The quantitative estimate of drug-likeness (QED) is 0.165. The molecule has 1 fully saturated rings. The van der Waals surface area contributed by atoms with E-state index in [0.717, 1.165) is 4.90 Å². The molecular weight excluding hydrogens is 500 g/mol. The van der Waals surface area contributed by atoms with Crippen LogP contribution in [0.1, 0.15) is 27.3 Å². The number of methoxy groups -OCH3 is 1. The van der Waals surface area contributed by atoms with Gasteiger partial charge in [-0.3, -0.25) is 29.9 Å². The van der Waals surface area contributed by atoms with Crippen molar-refractivity contribution in [2.24, 2.45) is 0 Å². The molecule has 12 heteroatoms. The fourth-order valence-corrected chi connectivity index (χ4v) is 4.35. The molecule has 4 rings (SSSR count). The van der Waals surface area contributed by atoms with Gasteiger partial charge in [0.15, 0.2) is 5.11 Å². The Morgan fingerprint density at radius 2 is 1.81 bits per heavy atom. The number of benzene rings is 2. The SMILES string of the molecule is COc1ccc([N+](=O)[O-])cc1-n1c(C)cc(/C=C2\C(=O)NC(=S)N(c3ccc(C(=O)O)cc3)C2=O)c1C. The lowest BCUT2D eigenvalue weighted by molar-refractivity contribution is -0.384. The highest BCUT2D eigenvalue weighted by Gasteiger charge is 2.35. The number of non-ortho nitro benzene ring substituents is 1. The number of nitrogens with one attached hydrogen (secondary N) is 1. The number of rotatable bonds is 6. The summed E-state index contributed by atoms with van der Waals surface area (Å²) in [5, 5.41) is 22.8. The Morgan fingerprint density at radius 1 is 1.14 bits per heavy atom. The third kappa shape index (κ3) is 4.57. The van der Waals surface area contributed by atoms with E-state index in [4.69, 9.17) is 22.1 Å². The molecule has 0 saturated carbocycles. The van der Waals surface area contributed by atoms with Gasteiger partial charge in [0.05, 0.1) is 29.0 Å². The van der Waals surface area contributed by atoms with Crippen molar-refractivity contribution < 1.29 is 29.2 Å². The van der Waals surface area contributed by atoms with Crippen LogP contribution in [0.5, 0.6) is 5.75 Å². The van der Waals surface area contributed by atoms with E-state index in [1.54, 1.807) is 24.5 Å². The second kappa shape index (κ2) is 9.66. The summed E-state index contributed by atoms with van der Waals surface area (Å²) in [4.78, 5) is 49.2. The third-order valence-corrected chi connectivity index (χ3v) is 6.14. The Balaban J connectivity index is 1.78. The van der Waals surface area contributed by atoms with E-state index >= 15 is 0 Å². The maximum absolute atomic E-state index is 13.4. The Bertz CT molecular complexity index is 1520. The Hall–Kier alpha value is -4.84. The highest BCUT2D eigenvalue weighted by Crippen LogP contribution is 2.32. The number of nitro groups is 1. The summed E-state index contributed by atoms with van der Waals surface area (Å²) < 4.78 is 7.13. The van der Waals surface area contributed by atoms with Crippen molar-refractivity contribution in [1.82, 2.24) is 9.88 Å². The van der Waals surface area contributed by atoms with Crippen LogP contribution >= 0.6 is 12.2 Å². The average Bonchev–Trinajstić information content (AvgIpc) is 3.13. The molecule has 1 saturated heterocycles. The summed E-state index contributed by atoms with van der Waals surface area (Å²) in [6, 6.07) is 11.4. The summed E-state index contributed by atoms with van der Waals surface area (Å²) >= 11 is 5.20. The minimum absolute atomic E-state index is 0.0305. The van der Waals surface area contributed by atoms with Crippen LogP contribution in [-0.4, -0.2) is 44.6 Å². The van der Waals surface area contributed by atoms with Crippen LogP contribution in [0.25, 0.3) is 11.8 Å². The van der Waals surface area contributed by atoms with Crippen molar-refractivity contribution in [3.63, 3.8) is 0 Å². The molecule has 0 aliphatic carbocycles. The molecule has 0 radical (unpaired) electrons. The number of aromatic carboxylic acids is 1. The number of carboxylic acids is 1. The maximum Gasteiger partial charge on any atom is 0.335 e. The molecule has 1 aromatic heterocycles. The largest absolute Gasteiger partial charge is 0.495 e. The monoisotopic (exact) mass is 520 g/mol. The normalized spacial score (nSPS) is 14.6. The van der Waals surface area contributed by atoms with E-state index in [1.807, 2.05) is 0 Å². The molecule has 0 spiro atoms. The van der Waals surface area contributed by atoms with Gasteiger partial charge >= 0.3 is 5.97 Å². The number of nitro benzene ring substituents is 1. The van der Waals surface area contributed by atoms with E-state index in [9.17, 15) is 24.5 Å². The molecule has 1 aliphatic heterocycles. The van der Waals surface area contributed by atoms with Crippen LogP contribution in [0.4, 0.5) is 11.4 Å². The van der Waals surface area contributed by atoms with Crippen molar-refractivity contribution in [2.75, 3.05) is 12.0 Å². The lowest BCUT2D eigenvalue weighted by Crippen LogP contribution is -2.54. The first-order valence-corrected chi connectivity index (χ1v) is 11.2. The van der Waals surface area contributed by atoms with Gasteiger partial charge in [0.25, 0.3) is 17.5 Å². The van der Waals surface area contributed by atoms with Gasteiger partial charge in [0.1, 0.15) is 11.3 Å². The highest BCUT2D eigenvalue weighted by molar-refractivity contribution is 7.80. The molecule has 2 amide bonds. The molecule has 2 heterocycles. The van der Waals surface area contributed by atoms with E-state index in [2.05, 4.69) is 5.32 Å². The molecule has 11 nitrogen and oxygen atoms in total. The van der Waals surface area contributed by atoms with Crippen LogP contribution < -0.4 is 15.0 Å². The Morgan fingerprint density at radius 3 is 2.41 bits per heavy atom. The first-order valence-electron chi connectivity index (χ1n) is 10.8. The van der Waals surface area contributed by atoms with Gasteiger partial charge in [-0.15, -0.1) is 0 Å². The van der Waals surface area contributed by atoms with Crippen molar-refractivity contribution >= 4 is 52.6 Å². The molecule has 0 unspecified atom stereocenters. The second-order valence-electron chi connectivity index (χ2n) is 8.09. The van der Waals surface area contributed by atoms with Crippen LogP contribution in [0.15, 0.2) is 54.1 Å². The number of nitrogens with zero attached hydrogens (tertiary/aromatic N) is 3. The molecule has 2 aromatic carbocycles. The number of hydrogen-bond donors (Lipinski definition) is 2. The second-order valence-corrected chi connectivity index (χ2v) is 8.47. The minimum Gasteiger partial charge on any atom is -0.495 e. The van der Waals surface area contributed by atoms with Gasteiger partial charge in [-0.2, -0.15) is 0 Å². The van der Waals surface area contributed by atoms with Gasteiger partial charge in [-0.05, 0) is 74.1 Å². The summed E-state index contributed by atoms with van der Waals surface area (Å²) in [7, 11) is 1.45. The smallest absolute Gasteiger partial charge is 0.335 e. The van der Waals surface area contributed by atoms with Gasteiger partial charge < -0.3 is 14.4 Å². The standard InChI is InChI=1S/C25H20N4O7S/c1-13-10-16(14(2)27(13)20-12-18(29(34)35)8-9-21(20)36-3)11-19-22(30)26-25(37)28(23(19)31)17-6-4-15(5-7-17)24(32)33/h4-12H,1-3H3,(H,32,33)(H,26,30,37)/b19-11+. The third-order valence-electron chi connectivity index (χ3n) is 5.86. The number of carboxylic acid groups (broad SMARTS) is 1.